The molecule has 1 aromatic carbocycles. The summed E-state index contributed by atoms with van der Waals surface area (Å²) in [6.45, 7) is 0.504. The van der Waals surface area contributed by atoms with Crippen LogP contribution in [0.15, 0.2) is 42.0 Å². The van der Waals surface area contributed by atoms with Crippen molar-refractivity contribution in [3.63, 3.8) is 0 Å². The number of benzene rings is 1. The molecule has 7 nitrogen and oxygen atoms in total. The lowest BCUT2D eigenvalue weighted by atomic mass is 9.73. The molecule has 30 heavy (non-hydrogen) atoms. The zero-order valence-corrected chi connectivity index (χ0v) is 17.6. The minimum atomic E-state index is -1.05. The van der Waals surface area contributed by atoms with E-state index < -0.39 is 17.2 Å². The molecule has 162 valence electrons. The first-order valence-electron chi connectivity index (χ1n) is 10.7. The van der Waals surface area contributed by atoms with E-state index >= 15 is 0 Å². The fraction of sp³-hybridized carbons (Fsp3) is 0.522. The minimum absolute atomic E-state index is 0.0100. The van der Waals surface area contributed by atoms with Crippen LogP contribution in [-0.4, -0.2) is 42.3 Å². The van der Waals surface area contributed by atoms with Crippen molar-refractivity contribution in [1.82, 2.24) is 10.2 Å². The number of rotatable bonds is 7. The second-order valence-corrected chi connectivity index (χ2v) is 8.62. The number of likely N-dealkylation sites (N-methyl/N-ethyl adjacent to an activating group) is 1. The molecule has 1 heterocycles. The Labute approximate surface area is 177 Å². The second kappa shape index (κ2) is 9.43. The van der Waals surface area contributed by atoms with Gasteiger partial charge < -0.3 is 21.7 Å². The molecule has 3 rings (SSSR count). The first-order chi connectivity index (χ1) is 14.3. The van der Waals surface area contributed by atoms with Crippen LogP contribution in [0.2, 0.25) is 0 Å². The Kier molecular flexibility index (Phi) is 6.92. The van der Waals surface area contributed by atoms with Gasteiger partial charge in [0.2, 0.25) is 5.91 Å². The standard InChI is InChI=1S/C23H32N4O3/c1-26-20(28)19-13-23(22(25)30,12-11-16-7-9-18(24)10-8-16)15-27(21(19)29)14-17-5-3-2-4-6-17/h2-6,13,16,18H,7-12,14-15,24H2,1H3,(H2,25,30)(H,26,28)/t16-,18-,23?. The van der Waals surface area contributed by atoms with E-state index in [1.54, 1.807) is 4.90 Å². The van der Waals surface area contributed by atoms with Crippen LogP contribution in [-0.2, 0) is 20.9 Å². The summed E-state index contributed by atoms with van der Waals surface area (Å²) >= 11 is 0. The topological polar surface area (TPSA) is 119 Å². The van der Waals surface area contributed by atoms with Crippen molar-refractivity contribution in [2.75, 3.05) is 13.6 Å². The van der Waals surface area contributed by atoms with Crippen LogP contribution in [0.1, 0.15) is 44.1 Å². The summed E-state index contributed by atoms with van der Waals surface area (Å²) in [6.07, 6.45) is 6.91. The van der Waals surface area contributed by atoms with E-state index in [4.69, 9.17) is 11.5 Å². The quantitative estimate of drug-likeness (QED) is 0.588. The molecule has 1 unspecified atom stereocenters. The molecule has 5 N–H and O–H groups in total. The molecule has 1 aliphatic heterocycles. The van der Waals surface area contributed by atoms with Gasteiger partial charge in [0.15, 0.2) is 0 Å². The van der Waals surface area contributed by atoms with E-state index in [0.29, 0.717) is 18.9 Å². The highest BCUT2D eigenvalue weighted by molar-refractivity contribution is 6.19. The van der Waals surface area contributed by atoms with Gasteiger partial charge in [-0.3, -0.25) is 14.4 Å². The normalized spacial score (nSPS) is 26.8. The molecule has 0 radical (unpaired) electrons. The lowest BCUT2D eigenvalue weighted by molar-refractivity contribution is -0.136. The number of hydrogen-bond donors (Lipinski definition) is 3. The third-order valence-corrected chi connectivity index (χ3v) is 6.48. The van der Waals surface area contributed by atoms with E-state index in [1.807, 2.05) is 30.3 Å². The molecule has 0 aromatic heterocycles. The number of nitrogens with one attached hydrogen (secondary N) is 1. The van der Waals surface area contributed by atoms with Crippen LogP contribution in [0.5, 0.6) is 0 Å². The Morgan fingerprint density at radius 1 is 1.17 bits per heavy atom. The maximum absolute atomic E-state index is 13.0. The number of carbonyl (C=O) groups excluding carboxylic acids is 3. The molecule has 1 fully saturated rings. The Morgan fingerprint density at radius 2 is 1.83 bits per heavy atom. The van der Waals surface area contributed by atoms with E-state index in [9.17, 15) is 14.4 Å². The third-order valence-electron chi connectivity index (χ3n) is 6.48. The molecule has 2 aliphatic rings. The predicted molar refractivity (Wildman–Crippen MR) is 115 cm³/mol. The van der Waals surface area contributed by atoms with Crippen LogP contribution >= 0.6 is 0 Å². The molecule has 1 atom stereocenters. The molecule has 0 saturated heterocycles. The summed E-state index contributed by atoms with van der Waals surface area (Å²) < 4.78 is 0. The van der Waals surface area contributed by atoms with Crippen molar-refractivity contribution in [3.8, 4) is 0 Å². The van der Waals surface area contributed by atoms with Crippen LogP contribution in [0.4, 0.5) is 0 Å². The van der Waals surface area contributed by atoms with Crippen molar-refractivity contribution in [2.24, 2.45) is 22.8 Å². The summed E-state index contributed by atoms with van der Waals surface area (Å²) in [5, 5.41) is 2.52. The summed E-state index contributed by atoms with van der Waals surface area (Å²) in [7, 11) is 1.48. The van der Waals surface area contributed by atoms with Gasteiger partial charge in [0.1, 0.15) is 5.57 Å². The van der Waals surface area contributed by atoms with Crippen LogP contribution in [0.25, 0.3) is 0 Å². The van der Waals surface area contributed by atoms with Gasteiger partial charge in [-0.2, -0.15) is 0 Å². The first kappa shape index (κ1) is 22.0. The maximum atomic E-state index is 13.0. The Morgan fingerprint density at radius 3 is 2.43 bits per heavy atom. The second-order valence-electron chi connectivity index (χ2n) is 8.62. The SMILES string of the molecule is CNC(=O)C1=CC(CC[C@H]2CC[C@H](N)CC2)(C(N)=O)CN(Cc2ccccc2)C1=O. The number of nitrogens with zero attached hydrogens (tertiary/aromatic N) is 1. The number of primary amides is 1. The molecular weight excluding hydrogens is 380 g/mol. The molecule has 1 aliphatic carbocycles. The van der Waals surface area contributed by atoms with Gasteiger partial charge in [0.05, 0.1) is 5.41 Å². The zero-order valence-electron chi connectivity index (χ0n) is 17.6. The van der Waals surface area contributed by atoms with Crippen LogP contribution in [0.3, 0.4) is 0 Å². The Hall–Kier alpha value is -2.67. The fourth-order valence-corrected chi connectivity index (χ4v) is 4.56. The smallest absolute Gasteiger partial charge is 0.259 e. The van der Waals surface area contributed by atoms with Gasteiger partial charge in [-0.15, -0.1) is 0 Å². The first-order valence-corrected chi connectivity index (χ1v) is 10.7. The molecular formula is C23H32N4O3. The van der Waals surface area contributed by atoms with E-state index in [1.165, 1.54) is 13.1 Å². The number of carbonyl (C=O) groups is 3. The summed E-state index contributed by atoms with van der Waals surface area (Å²) in [5.74, 6) is -0.884. The number of amides is 3. The average Bonchev–Trinajstić information content (AvgIpc) is 2.75. The zero-order chi connectivity index (χ0) is 21.7. The third kappa shape index (κ3) is 4.90. The van der Waals surface area contributed by atoms with Crippen LogP contribution < -0.4 is 16.8 Å². The molecule has 1 aromatic rings. The lowest BCUT2D eigenvalue weighted by Gasteiger charge is -2.39. The highest BCUT2D eigenvalue weighted by atomic mass is 16.2. The average molecular weight is 413 g/mol. The fourth-order valence-electron chi connectivity index (χ4n) is 4.56. The number of hydrogen-bond acceptors (Lipinski definition) is 4. The van der Waals surface area contributed by atoms with Crippen molar-refractivity contribution in [3.05, 3.63) is 47.5 Å². The van der Waals surface area contributed by atoms with Crippen molar-refractivity contribution in [1.29, 1.82) is 0 Å². The molecule has 0 spiro atoms. The summed E-state index contributed by atoms with van der Waals surface area (Å²) in [5.41, 5.74) is 11.8. The van der Waals surface area contributed by atoms with Gasteiger partial charge in [-0.1, -0.05) is 30.3 Å². The highest BCUT2D eigenvalue weighted by Gasteiger charge is 2.44. The van der Waals surface area contributed by atoms with Crippen molar-refractivity contribution < 1.29 is 14.4 Å². The van der Waals surface area contributed by atoms with Crippen molar-refractivity contribution >= 4 is 17.7 Å². The van der Waals surface area contributed by atoms with Gasteiger partial charge in [-0.05, 0) is 56.1 Å². The van der Waals surface area contributed by atoms with E-state index in [2.05, 4.69) is 5.32 Å². The van der Waals surface area contributed by atoms with Crippen LogP contribution in [0, 0.1) is 11.3 Å². The molecule has 7 heteroatoms. The summed E-state index contributed by atoms with van der Waals surface area (Å²) in [6, 6.07) is 9.80. The Balaban J connectivity index is 1.86. The molecule has 3 amide bonds. The monoisotopic (exact) mass is 412 g/mol. The van der Waals surface area contributed by atoms with Gasteiger partial charge in [0, 0.05) is 26.2 Å². The number of nitrogens with two attached hydrogens (primary N) is 2. The van der Waals surface area contributed by atoms with Crippen molar-refractivity contribution in [2.45, 2.75) is 51.1 Å². The van der Waals surface area contributed by atoms with E-state index in [-0.39, 0.29) is 24.1 Å². The van der Waals surface area contributed by atoms with Gasteiger partial charge in [0.25, 0.3) is 11.8 Å². The largest absolute Gasteiger partial charge is 0.369 e. The molecule has 0 bridgehead atoms. The molecule has 1 saturated carbocycles. The maximum Gasteiger partial charge on any atom is 0.259 e. The van der Waals surface area contributed by atoms with Gasteiger partial charge >= 0.3 is 0 Å². The van der Waals surface area contributed by atoms with E-state index in [0.717, 1.165) is 37.7 Å². The minimum Gasteiger partial charge on any atom is -0.369 e. The lowest BCUT2D eigenvalue weighted by Crippen LogP contribution is -2.53. The highest BCUT2D eigenvalue weighted by Crippen LogP contribution is 2.37. The summed E-state index contributed by atoms with van der Waals surface area (Å²) in [4.78, 5) is 39.7. The Bertz CT molecular complexity index is 815. The van der Waals surface area contributed by atoms with Gasteiger partial charge in [-0.25, -0.2) is 0 Å². The predicted octanol–water partition coefficient (Wildman–Crippen LogP) is 1.47.